The van der Waals surface area contributed by atoms with Crippen LogP contribution in [0.2, 0.25) is 0 Å². The lowest BCUT2D eigenvalue weighted by Crippen LogP contribution is -2.53. The number of carbonyl (C=O) groups excluding carboxylic acids is 2. The summed E-state index contributed by atoms with van der Waals surface area (Å²) in [5.74, 6) is -2.49. The molecule has 3 rings (SSSR count). The predicted molar refractivity (Wildman–Crippen MR) is 173 cm³/mol. The zero-order valence-electron chi connectivity index (χ0n) is 27.3. The molecule has 1 heterocycles. The summed E-state index contributed by atoms with van der Waals surface area (Å²) in [4.78, 5) is 42.1. The number of aryl methyl sites for hydroxylation is 1. The summed E-state index contributed by atoms with van der Waals surface area (Å²) in [7, 11) is 0. The zero-order valence-corrected chi connectivity index (χ0v) is 27.3. The van der Waals surface area contributed by atoms with Gasteiger partial charge in [-0.1, -0.05) is 18.1 Å². The molecular weight excluding hydrogens is 610 g/mol. The second-order valence-corrected chi connectivity index (χ2v) is 12.3. The molecule has 2 atom stereocenters. The van der Waals surface area contributed by atoms with Gasteiger partial charge >= 0.3 is 11.8 Å². The number of guanidine groups is 1. The number of amides is 2. The number of aliphatic imine (C=N–C) groups is 1. The number of carbonyl (C=O) groups is 3. The number of rotatable bonds is 15. The number of carboxylic acid groups (broad SMARTS) is 1. The van der Waals surface area contributed by atoms with Gasteiger partial charge in [-0.2, -0.15) is 0 Å². The van der Waals surface area contributed by atoms with E-state index in [-0.39, 0.29) is 49.1 Å². The van der Waals surface area contributed by atoms with Crippen molar-refractivity contribution in [2.75, 3.05) is 13.2 Å². The Hall–Kier alpha value is -5.05. The number of benzene rings is 2. The Morgan fingerprint density at radius 1 is 1.04 bits per heavy atom. The Morgan fingerprint density at radius 3 is 2.26 bits per heavy atom. The normalized spacial score (nSPS) is 16.3. The zero-order chi connectivity index (χ0) is 35.1. The van der Waals surface area contributed by atoms with Gasteiger partial charge in [0.25, 0.3) is 5.91 Å². The first-order valence-corrected chi connectivity index (χ1v) is 15.2. The summed E-state index contributed by atoms with van der Waals surface area (Å²) in [6, 6.07) is 8.34. The molecule has 0 bridgehead atoms. The van der Waals surface area contributed by atoms with E-state index in [2.05, 4.69) is 15.6 Å². The molecule has 15 heteroatoms. The first-order valence-electron chi connectivity index (χ1n) is 15.2. The van der Waals surface area contributed by atoms with Crippen molar-refractivity contribution < 1.29 is 39.3 Å². The summed E-state index contributed by atoms with van der Waals surface area (Å²) < 4.78 is 6.32. The summed E-state index contributed by atoms with van der Waals surface area (Å²) >= 11 is 0. The largest absolute Gasteiger partial charge is 0.714 e. The monoisotopic (exact) mass is 654 g/mol. The molecule has 0 saturated heterocycles. The highest BCUT2D eigenvalue weighted by Gasteiger charge is 2.59. The topological polar surface area (TPSA) is 239 Å². The smallest absolute Gasteiger partial charge is 0.326 e. The minimum Gasteiger partial charge on any atom is -0.714 e. The van der Waals surface area contributed by atoms with E-state index >= 15 is 0 Å². The van der Waals surface area contributed by atoms with E-state index in [9.17, 15) is 35.0 Å². The highest BCUT2D eigenvalue weighted by molar-refractivity contribution is 5.96. The molecule has 0 spiro atoms. The van der Waals surface area contributed by atoms with Crippen LogP contribution in [0.3, 0.4) is 0 Å². The van der Waals surface area contributed by atoms with Crippen LogP contribution in [0.25, 0.3) is 0 Å². The highest BCUT2D eigenvalue weighted by Crippen LogP contribution is 2.37. The number of phenols is 1. The quantitative estimate of drug-likeness (QED) is 0.0526. The van der Waals surface area contributed by atoms with Crippen LogP contribution in [0.5, 0.6) is 11.5 Å². The van der Waals surface area contributed by atoms with E-state index in [1.165, 1.54) is 18.2 Å². The number of aliphatic carboxylic acids is 1. The lowest BCUT2D eigenvalue weighted by molar-refractivity contribution is -0.539. The average Bonchev–Trinajstić information content (AvgIpc) is 3.13. The van der Waals surface area contributed by atoms with Gasteiger partial charge in [-0.05, 0) is 94.5 Å². The lowest BCUT2D eigenvalue weighted by atomic mass is 9.84. The second-order valence-electron chi connectivity index (χ2n) is 12.3. The van der Waals surface area contributed by atoms with E-state index < -0.39 is 47.6 Å². The maximum atomic E-state index is 13.4. The number of hydrogen-bond donors (Lipinski definition) is 6. The minimum atomic E-state index is -1.26. The number of nitrogens with zero attached hydrogens (tertiary/aromatic N) is 3. The highest BCUT2D eigenvalue weighted by atomic mass is 16.5. The third-order valence-corrected chi connectivity index (χ3v) is 8.59. The number of hydroxylamine groups is 3. The van der Waals surface area contributed by atoms with Gasteiger partial charge in [0.2, 0.25) is 5.91 Å². The van der Waals surface area contributed by atoms with Gasteiger partial charge in [-0.25, -0.2) is 4.79 Å². The van der Waals surface area contributed by atoms with Crippen LogP contribution in [-0.2, 0) is 32.4 Å². The summed E-state index contributed by atoms with van der Waals surface area (Å²) in [6.07, 6.45) is 0.874. The van der Waals surface area contributed by atoms with Crippen LogP contribution in [0.1, 0.15) is 64.2 Å². The standard InChI is InChI=1S/C32H44N7O8/c1-6-19-16-22(40)12-9-21(19)17-25(27(42)37-24(29(43)44)8-7-15-35-30(33)34)36-26(41)18-47-23-13-10-20(11-14-23)28-38(45)31(2,3)32(4,5)39(28)46/h9-14,16,24-25,40H,6-8,15,17-18H2,1-5H3,(H,36,41)(H,37,42)(H,43,44)(H4,33,34,35)/t24-,25-/m0/s1. The van der Waals surface area contributed by atoms with E-state index in [1.807, 2.05) is 6.92 Å². The molecule has 0 fully saturated rings. The Bertz CT molecular complexity index is 1520. The van der Waals surface area contributed by atoms with Crippen molar-refractivity contribution in [3.8, 4) is 11.5 Å². The number of amidine groups is 1. The molecule has 2 aromatic carbocycles. The molecular formula is C32H44N7O8. The number of nitrogens with one attached hydrogen (secondary N) is 2. The molecule has 1 radical (unpaired) electrons. The number of ether oxygens (including phenoxy) is 1. The van der Waals surface area contributed by atoms with Crippen molar-refractivity contribution in [1.29, 1.82) is 0 Å². The van der Waals surface area contributed by atoms with E-state index in [4.69, 9.17) is 16.2 Å². The maximum Gasteiger partial charge on any atom is 0.326 e. The molecule has 0 saturated carbocycles. The van der Waals surface area contributed by atoms with Gasteiger partial charge in [0.15, 0.2) is 18.1 Å². The van der Waals surface area contributed by atoms with Crippen LogP contribution in [0.4, 0.5) is 0 Å². The van der Waals surface area contributed by atoms with Crippen LogP contribution in [0.15, 0.2) is 47.5 Å². The molecule has 0 aliphatic carbocycles. The molecule has 2 aromatic rings. The van der Waals surface area contributed by atoms with Gasteiger partial charge in [0, 0.05) is 18.2 Å². The van der Waals surface area contributed by atoms with E-state index in [0.29, 0.717) is 27.3 Å². The van der Waals surface area contributed by atoms with Gasteiger partial charge in [-0.3, -0.25) is 19.3 Å². The first-order chi connectivity index (χ1) is 22.0. The Labute approximate surface area is 273 Å². The van der Waals surface area contributed by atoms with Crippen LogP contribution < -0.4 is 26.8 Å². The van der Waals surface area contributed by atoms with Gasteiger partial charge < -0.3 is 42.3 Å². The maximum absolute atomic E-state index is 13.4. The van der Waals surface area contributed by atoms with Crippen LogP contribution in [-0.4, -0.2) is 85.9 Å². The van der Waals surface area contributed by atoms with Gasteiger partial charge in [0.05, 0.1) is 5.56 Å². The van der Waals surface area contributed by atoms with Crippen molar-refractivity contribution in [2.45, 2.75) is 83.5 Å². The molecule has 2 amide bonds. The number of aromatic hydroxyl groups is 1. The molecule has 0 unspecified atom stereocenters. The molecule has 8 N–H and O–H groups in total. The number of hydrogen-bond acceptors (Lipinski definition) is 8. The molecule has 15 nitrogen and oxygen atoms in total. The summed E-state index contributed by atoms with van der Waals surface area (Å²) in [5, 5.41) is 51.3. The van der Waals surface area contributed by atoms with Crippen LogP contribution >= 0.6 is 0 Å². The van der Waals surface area contributed by atoms with Crippen molar-refractivity contribution >= 4 is 29.6 Å². The molecule has 47 heavy (non-hydrogen) atoms. The number of phenolic OH excluding ortho intramolecular Hbond substituents is 1. The number of nitrogens with two attached hydrogens (primary N) is 2. The molecule has 1 aliphatic heterocycles. The fourth-order valence-electron chi connectivity index (χ4n) is 5.03. The van der Waals surface area contributed by atoms with Gasteiger partial charge in [0.1, 0.15) is 29.1 Å². The first kappa shape index (κ1) is 36.4. The number of carboxylic acids is 1. The fraction of sp³-hybridized carbons (Fsp3) is 0.469. The predicted octanol–water partition coefficient (Wildman–Crippen LogP) is 1.16. The average molecular weight is 655 g/mol. The SMILES string of the molecule is CCc1cc(O)ccc1C[C@H](NC(=O)COc1ccc(C2=[N+]([O-])C(C)(C)C(C)(C)N2[O])cc1)C(=O)N[C@@H](CCCN=C(N)N)C(=O)O. The van der Waals surface area contributed by atoms with Crippen LogP contribution in [0, 0.1) is 5.21 Å². The van der Waals surface area contributed by atoms with Gasteiger partial charge in [-0.15, -0.1) is 0 Å². The second kappa shape index (κ2) is 15.0. The lowest BCUT2D eigenvalue weighted by Gasteiger charge is -2.32. The fourth-order valence-corrected chi connectivity index (χ4v) is 5.03. The summed E-state index contributed by atoms with van der Waals surface area (Å²) in [5.41, 5.74) is 10.5. The Balaban J connectivity index is 1.73. The summed E-state index contributed by atoms with van der Waals surface area (Å²) in [6.45, 7) is 8.35. The van der Waals surface area contributed by atoms with E-state index in [0.717, 1.165) is 5.56 Å². The minimum absolute atomic E-state index is 0.0127. The Kier molecular flexibility index (Phi) is 11.6. The van der Waals surface area contributed by atoms with Crippen molar-refractivity contribution in [1.82, 2.24) is 15.7 Å². The Morgan fingerprint density at radius 2 is 1.70 bits per heavy atom. The van der Waals surface area contributed by atoms with Crippen molar-refractivity contribution in [3.05, 3.63) is 64.4 Å². The van der Waals surface area contributed by atoms with E-state index in [1.54, 1.807) is 52.0 Å². The molecule has 1 aliphatic rings. The molecule has 255 valence electrons. The third-order valence-electron chi connectivity index (χ3n) is 8.59. The van der Waals surface area contributed by atoms with Crippen molar-refractivity contribution in [2.24, 2.45) is 16.5 Å². The molecule has 0 aromatic heterocycles. The third kappa shape index (κ3) is 8.61. The van der Waals surface area contributed by atoms with Crippen molar-refractivity contribution in [3.63, 3.8) is 0 Å².